The maximum Gasteiger partial charge on any atom is 0.162 e. The average Bonchev–Trinajstić information content (AvgIpc) is 3.07. The summed E-state index contributed by atoms with van der Waals surface area (Å²) in [6.45, 7) is 2.99. The molecule has 4 heteroatoms. The maximum atomic E-state index is 12.8. The molecule has 1 unspecified atom stereocenters. The lowest BCUT2D eigenvalue weighted by Gasteiger charge is -2.30. The van der Waals surface area contributed by atoms with E-state index in [9.17, 15) is 9.90 Å². The molecule has 2 heterocycles. The summed E-state index contributed by atoms with van der Waals surface area (Å²) >= 11 is 0. The number of aliphatic hydroxyl groups is 1. The number of anilines is 1. The van der Waals surface area contributed by atoms with Gasteiger partial charge < -0.3 is 14.9 Å². The fraction of sp³-hybridized carbons (Fsp3) is 0.480. The highest BCUT2D eigenvalue weighted by Gasteiger charge is 2.32. The summed E-state index contributed by atoms with van der Waals surface area (Å²) in [7, 11) is 2.16. The summed E-state index contributed by atoms with van der Waals surface area (Å²) in [6.07, 6.45) is 5.94. The van der Waals surface area contributed by atoms with Crippen LogP contribution in [-0.4, -0.2) is 48.7 Å². The highest BCUT2D eigenvalue weighted by atomic mass is 16.3. The third-order valence-corrected chi connectivity index (χ3v) is 6.30. The van der Waals surface area contributed by atoms with Gasteiger partial charge in [0.25, 0.3) is 0 Å². The Morgan fingerprint density at radius 2 is 1.93 bits per heavy atom. The summed E-state index contributed by atoms with van der Waals surface area (Å²) in [4.78, 5) is 17.2. The van der Waals surface area contributed by atoms with Crippen LogP contribution in [-0.2, 0) is 19.3 Å². The predicted octanol–water partition coefficient (Wildman–Crippen LogP) is 3.84. The molecule has 0 bridgehead atoms. The van der Waals surface area contributed by atoms with Gasteiger partial charge in [-0.25, -0.2) is 0 Å². The molecule has 0 radical (unpaired) electrons. The number of unbranched alkanes of at least 4 members (excludes halogenated alkanes) is 1. The molecule has 0 saturated heterocycles. The van der Waals surface area contributed by atoms with E-state index < -0.39 is 6.23 Å². The first kappa shape index (κ1) is 20.1. The highest BCUT2D eigenvalue weighted by molar-refractivity contribution is 5.97. The van der Waals surface area contributed by atoms with Gasteiger partial charge in [0.15, 0.2) is 5.78 Å². The van der Waals surface area contributed by atoms with E-state index in [1.54, 1.807) is 0 Å². The molecule has 2 aromatic rings. The van der Waals surface area contributed by atoms with Crippen molar-refractivity contribution in [3.05, 3.63) is 64.7 Å². The minimum atomic E-state index is -0.416. The molecule has 1 N–H and O–H groups in total. The smallest absolute Gasteiger partial charge is 0.162 e. The molecule has 2 aromatic carbocycles. The number of carbonyl (C=O) groups excluding carboxylic acids is 1. The third kappa shape index (κ3) is 4.71. The van der Waals surface area contributed by atoms with E-state index in [0.717, 1.165) is 62.9 Å². The number of Topliss-reactive ketones (excluding diaryl/α,β-unsaturated/α-hetero) is 1. The molecule has 0 spiro atoms. The fourth-order valence-electron chi connectivity index (χ4n) is 4.68. The van der Waals surface area contributed by atoms with Gasteiger partial charge in [0.2, 0.25) is 0 Å². The van der Waals surface area contributed by atoms with Crippen LogP contribution in [0.4, 0.5) is 5.69 Å². The van der Waals surface area contributed by atoms with E-state index in [0.29, 0.717) is 12.8 Å². The predicted molar refractivity (Wildman–Crippen MR) is 118 cm³/mol. The van der Waals surface area contributed by atoms with Gasteiger partial charge in [-0.2, -0.15) is 0 Å². The minimum absolute atomic E-state index is 0.245. The average molecular weight is 393 g/mol. The maximum absolute atomic E-state index is 12.8. The van der Waals surface area contributed by atoms with E-state index in [1.165, 1.54) is 16.8 Å². The van der Waals surface area contributed by atoms with Crippen molar-refractivity contribution in [2.75, 3.05) is 31.6 Å². The Hall–Kier alpha value is -2.17. The van der Waals surface area contributed by atoms with Crippen molar-refractivity contribution >= 4 is 11.5 Å². The monoisotopic (exact) mass is 392 g/mol. The first-order valence-electron chi connectivity index (χ1n) is 11.0. The van der Waals surface area contributed by atoms with Crippen LogP contribution < -0.4 is 4.90 Å². The third-order valence-electron chi connectivity index (χ3n) is 6.30. The summed E-state index contributed by atoms with van der Waals surface area (Å²) < 4.78 is 0. The Morgan fingerprint density at radius 1 is 1.14 bits per heavy atom. The lowest BCUT2D eigenvalue weighted by molar-refractivity contribution is 0.0978. The molecular formula is C25H32N2O2. The summed E-state index contributed by atoms with van der Waals surface area (Å²) in [5, 5.41) is 10.3. The molecule has 0 amide bonds. The first-order chi connectivity index (χ1) is 14.1. The molecule has 0 aliphatic carbocycles. The number of ketones is 1. The zero-order chi connectivity index (χ0) is 20.2. The Labute approximate surface area is 174 Å². The van der Waals surface area contributed by atoms with Crippen LogP contribution in [0.5, 0.6) is 0 Å². The fourth-order valence-corrected chi connectivity index (χ4v) is 4.68. The van der Waals surface area contributed by atoms with Crippen molar-refractivity contribution in [1.82, 2.24) is 4.90 Å². The second-order valence-electron chi connectivity index (χ2n) is 8.54. The van der Waals surface area contributed by atoms with Crippen LogP contribution in [0.3, 0.4) is 0 Å². The van der Waals surface area contributed by atoms with Crippen LogP contribution >= 0.6 is 0 Å². The number of benzene rings is 2. The number of hydrogen-bond donors (Lipinski definition) is 1. The van der Waals surface area contributed by atoms with Gasteiger partial charge >= 0.3 is 0 Å². The molecule has 4 nitrogen and oxygen atoms in total. The molecule has 154 valence electrons. The van der Waals surface area contributed by atoms with Crippen LogP contribution in [0.25, 0.3) is 0 Å². The van der Waals surface area contributed by atoms with Crippen molar-refractivity contribution in [3.8, 4) is 0 Å². The Kier molecular flexibility index (Phi) is 6.31. The molecule has 1 atom stereocenters. The van der Waals surface area contributed by atoms with Gasteiger partial charge in [-0.05, 0) is 74.5 Å². The molecule has 0 fully saturated rings. The summed E-state index contributed by atoms with van der Waals surface area (Å²) in [6, 6.07) is 14.7. The molecule has 0 aromatic heterocycles. The lowest BCUT2D eigenvalue weighted by Crippen LogP contribution is -2.35. The van der Waals surface area contributed by atoms with Gasteiger partial charge in [0.05, 0.1) is 0 Å². The molecule has 2 aliphatic heterocycles. The van der Waals surface area contributed by atoms with Crippen molar-refractivity contribution in [2.24, 2.45) is 0 Å². The summed E-state index contributed by atoms with van der Waals surface area (Å²) in [5.41, 5.74) is 5.80. The summed E-state index contributed by atoms with van der Waals surface area (Å²) in [5.74, 6) is 0.245. The number of rotatable bonds is 9. The standard InChI is InChI=1S/C25H32N2O2/c1-26(15-12-19-8-3-2-4-9-19)13-6-5-11-23(28)21-16-20-10-7-14-27-24(29)18-22(17-21)25(20)27/h2-4,8-9,16-17,24,29H,5-7,10-15,18H2,1H3. The quantitative estimate of drug-likeness (QED) is 0.520. The Bertz CT molecular complexity index is 849. The van der Waals surface area contributed by atoms with Gasteiger partial charge in [-0.15, -0.1) is 0 Å². The minimum Gasteiger partial charge on any atom is -0.373 e. The molecule has 4 rings (SSSR count). The normalized spacial score (nSPS) is 17.6. The SMILES string of the molecule is CN(CCCCC(=O)c1cc2c3c(c1)CC(O)N3CCC2)CCc1ccccc1. The van der Waals surface area contributed by atoms with Crippen LogP contribution in [0.15, 0.2) is 42.5 Å². The van der Waals surface area contributed by atoms with Crippen LogP contribution in [0.2, 0.25) is 0 Å². The number of likely N-dealkylation sites (N-methyl/N-ethyl adjacent to an activating group) is 1. The van der Waals surface area contributed by atoms with Gasteiger partial charge in [0, 0.05) is 37.2 Å². The second kappa shape index (κ2) is 9.10. The molecule has 0 saturated carbocycles. The molecule has 2 aliphatic rings. The number of aliphatic hydroxyl groups excluding tert-OH is 1. The Balaban J connectivity index is 1.24. The van der Waals surface area contributed by atoms with Crippen molar-refractivity contribution in [1.29, 1.82) is 0 Å². The van der Waals surface area contributed by atoms with Crippen molar-refractivity contribution in [3.63, 3.8) is 0 Å². The number of hydrogen-bond acceptors (Lipinski definition) is 4. The topological polar surface area (TPSA) is 43.8 Å². The zero-order valence-corrected chi connectivity index (χ0v) is 17.4. The van der Waals surface area contributed by atoms with Crippen LogP contribution in [0.1, 0.15) is 52.7 Å². The van der Waals surface area contributed by atoms with Crippen LogP contribution in [0, 0.1) is 0 Å². The van der Waals surface area contributed by atoms with E-state index in [4.69, 9.17) is 0 Å². The highest BCUT2D eigenvalue weighted by Crippen LogP contribution is 2.39. The number of carbonyl (C=O) groups is 1. The van der Waals surface area contributed by atoms with E-state index >= 15 is 0 Å². The van der Waals surface area contributed by atoms with E-state index in [-0.39, 0.29) is 5.78 Å². The van der Waals surface area contributed by atoms with Gasteiger partial charge in [-0.3, -0.25) is 4.79 Å². The van der Waals surface area contributed by atoms with Crippen molar-refractivity contribution < 1.29 is 9.90 Å². The Morgan fingerprint density at radius 3 is 2.76 bits per heavy atom. The van der Waals surface area contributed by atoms with Gasteiger partial charge in [0.1, 0.15) is 6.23 Å². The number of nitrogens with zero attached hydrogens (tertiary/aromatic N) is 2. The van der Waals surface area contributed by atoms with Gasteiger partial charge in [-0.1, -0.05) is 30.3 Å². The van der Waals surface area contributed by atoms with Crippen molar-refractivity contribution in [2.45, 2.75) is 51.2 Å². The molecule has 29 heavy (non-hydrogen) atoms. The second-order valence-corrected chi connectivity index (χ2v) is 8.54. The lowest BCUT2D eigenvalue weighted by atomic mass is 9.94. The zero-order valence-electron chi connectivity index (χ0n) is 17.4. The number of aryl methyl sites for hydroxylation is 1. The first-order valence-corrected chi connectivity index (χ1v) is 11.0. The van der Waals surface area contributed by atoms with E-state index in [2.05, 4.69) is 53.2 Å². The molecular weight excluding hydrogens is 360 g/mol. The van der Waals surface area contributed by atoms with E-state index in [1.807, 2.05) is 6.07 Å². The largest absolute Gasteiger partial charge is 0.373 e.